The van der Waals surface area contributed by atoms with Gasteiger partial charge < -0.3 is 0 Å². The van der Waals surface area contributed by atoms with Crippen molar-refractivity contribution >= 4 is 15.6 Å². The predicted octanol–water partition coefficient (Wildman–Crippen LogP) is 2.86. The molecule has 4 aliphatic carbocycles. The fourth-order valence-corrected chi connectivity index (χ4v) is 7.41. The molecule has 1 N–H and O–H groups in total. The maximum absolute atomic E-state index is 12.3. The first-order chi connectivity index (χ1) is 13.4. The van der Waals surface area contributed by atoms with Crippen LogP contribution in [0.25, 0.3) is 0 Å². The van der Waals surface area contributed by atoms with Crippen LogP contribution in [0.4, 0.5) is 0 Å². The van der Waals surface area contributed by atoms with Gasteiger partial charge in [-0.05, 0) is 72.8 Å². The Morgan fingerprint density at radius 3 is 2.18 bits per heavy atom. The third kappa shape index (κ3) is 3.19. The number of carbonyl (C=O) groups is 1. The second-order valence-electron chi connectivity index (χ2n) is 9.16. The Kier molecular flexibility index (Phi) is 4.19. The molecule has 6 rings (SSSR count). The van der Waals surface area contributed by atoms with Gasteiger partial charge >= 0.3 is 0 Å². The zero-order valence-electron chi connectivity index (χ0n) is 15.8. The summed E-state index contributed by atoms with van der Waals surface area (Å²) in [5.74, 6) is 1.80. The van der Waals surface area contributed by atoms with Gasteiger partial charge in [-0.25, -0.2) is 13.4 Å². The number of benzene rings is 1. The number of H-pyrrole nitrogens is 1. The quantitative estimate of drug-likeness (QED) is 0.806. The molecule has 1 aromatic carbocycles. The Labute approximate surface area is 165 Å². The SMILES string of the molecule is O=C(Cc1ccc(C23CC4CC(CC(C4)C2)C3)cc1)CS(=O)(=O)c1ncn[nH]1. The van der Waals surface area contributed by atoms with E-state index in [0.717, 1.165) is 29.6 Å². The molecule has 4 bridgehead atoms. The van der Waals surface area contributed by atoms with Crippen LogP contribution in [0.1, 0.15) is 49.7 Å². The maximum atomic E-state index is 12.3. The number of nitrogens with one attached hydrogen (secondary N) is 1. The summed E-state index contributed by atoms with van der Waals surface area (Å²) in [7, 11) is -3.75. The largest absolute Gasteiger partial charge is 0.298 e. The van der Waals surface area contributed by atoms with E-state index < -0.39 is 15.6 Å². The second kappa shape index (κ2) is 6.51. The molecule has 0 saturated heterocycles. The van der Waals surface area contributed by atoms with Crippen LogP contribution in [0.5, 0.6) is 0 Å². The van der Waals surface area contributed by atoms with Crippen LogP contribution >= 0.6 is 0 Å². The molecule has 1 aromatic heterocycles. The minimum absolute atomic E-state index is 0.120. The number of carbonyl (C=O) groups excluding carboxylic acids is 1. The van der Waals surface area contributed by atoms with Crippen molar-refractivity contribution in [2.24, 2.45) is 17.8 Å². The van der Waals surface area contributed by atoms with Crippen molar-refractivity contribution in [3.63, 3.8) is 0 Å². The van der Waals surface area contributed by atoms with Gasteiger partial charge in [-0.2, -0.15) is 5.10 Å². The number of aromatic amines is 1. The fourth-order valence-electron chi connectivity index (χ4n) is 6.34. The number of hydrogen-bond donors (Lipinski definition) is 1. The monoisotopic (exact) mass is 399 g/mol. The van der Waals surface area contributed by atoms with Gasteiger partial charge in [0.05, 0.1) is 0 Å². The Hall–Kier alpha value is -2.02. The molecule has 2 aromatic rings. The number of ketones is 1. The van der Waals surface area contributed by atoms with Gasteiger partial charge in [0.1, 0.15) is 12.1 Å². The third-order valence-electron chi connectivity index (χ3n) is 7.04. The standard InChI is InChI=1S/C21H25N3O3S/c25-19(12-28(26,27)20-22-13-23-24-20)8-14-1-3-18(4-2-14)21-9-15-5-16(10-21)7-17(6-15)11-21/h1-4,13,15-17H,5-12H2,(H,22,23,24). The summed E-state index contributed by atoms with van der Waals surface area (Å²) < 4.78 is 24.3. The first-order valence-corrected chi connectivity index (χ1v) is 11.8. The molecule has 6 nitrogen and oxygen atoms in total. The Bertz CT molecular complexity index is 945. The van der Waals surface area contributed by atoms with Gasteiger partial charge in [-0.3, -0.25) is 9.89 Å². The van der Waals surface area contributed by atoms with Crippen molar-refractivity contribution in [3.05, 3.63) is 41.7 Å². The highest BCUT2D eigenvalue weighted by Gasteiger charge is 2.51. The lowest BCUT2D eigenvalue weighted by atomic mass is 9.48. The molecule has 0 spiro atoms. The fraction of sp³-hybridized carbons (Fsp3) is 0.571. The molecule has 4 saturated carbocycles. The van der Waals surface area contributed by atoms with Gasteiger partial charge in [0, 0.05) is 6.42 Å². The van der Waals surface area contributed by atoms with Crippen molar-refractivity contribution < 1.29 is 13.2 Å². The summed E-state index contributed by atoms with van der Waals surface area (Å²) in [4.78, 5) is 15.9. The van der Waals surface area contributed by atoms with E-state index in [0.29, 0.717) is 5.41 Å². The van der Waals surface area contributed by atoms with Gasteiger partial charge in [0.2, 0.25) is 15.0 Å². The Balaban J connectivity index is 1.28. The molecule has 0 atom stereocenters. The van der Waals surface area contributed by atoms with E-state index in [-0.39, 0.29) is 17.4 Å². The average molecular weight is 400 g/mol. The number of hydrogen-bond acceptors (Lipinski definition) is 5. The normalized spacial score (nSPS) is 31.2. The summed E-state index contributed by atoms with van der Waals surface area (Å²) in [6.07, 6.45) is 9.45. The molecule has 0 unspecified atom stereocenters. The highest BCUT2D eigenvalue weighted by atomic mass is 32.2. The van der Waals surface area contributed by atoms with E-state index in [1.165, 1.54) is 44.1 Å². The van der Waals surface area contributed by atoms with Crippen molar-refractivity contribution in [3.8, 4) is 0 Å². The molecule has 0 amide bonds. The lowest BCUT2D eigenvalue weighted by Gasteiger charge is -2.57. The zero-order chi connectivity index (χ0) is 19.4. The van der Waals surface area contributed by atoms with Crippen LogP contribution in [0, 0.1) is 17.8 Å². The Morgan fingerprint density at radius 1 is 1.04 bits per heavy atom. The molecule has 148 valence electrons. The number of Topliss-reactive ketones (excluding diaryl/α,β-unsaturated/α-hetero) is 1. The van der Waals surface area contributed by atoms with E-state index in [1.54, 1.807) is 0 Å². The smallest absolute Gasteiger partial charge is 0.243 e. The third-order valence-corrected chi connectivity index (χ3v) is 8.53. The number of nitrogens with zero attached hydrogens (tertiary/aromatic N) is 2. The van der Waals surface area contributed by atoms with Crippen LogP contribution in [0.3, 0.4) is 0 Å². The number of aromatic nitrogens is 3. The first kappa shape index (κ1) is 18.0. The summed E-state index contributed by atoms with van der Waals surface area (Å²) in [5.41, 5.74) is 2.62. The van der Waals surface area contributed by atoms with E-state index >= 15 is 0 Å². The van der Waals surface area contributed by atoms with Gasteiger partial charge in [-0.1, -0.05) is 24.3 Å². The van der Waals surface area contributed by atoms with Crippen molar-refractivity contribution in [1.82, 2.24) is 15.2 Å². The molecular formula is C21H25N3O3S. The molecule has 4 fully saturated rings. The molecule has 7 heteroatoms. The second-order valence-corrected chi connectivity index (χ2v) is 11.1. The number of sulfone groups is 1. The summed E-state index contributed by atoms with van der Waals surface area (Å²) in [5, 5.41) is 5.60. The predicted molar refractivity (Wildman–Crippen MR) is 103 cm³/mol. The molecule has 0 aliphatic heterocycles. The van der Waals surface area contributed by atoms with E-state index in [4.69, 9.17) is 0 Å². The lowest BCUT2D eigenvalue weighted by molar-refractivity contribution is -0.116. The summed E-state index contributed by atoms with van der Waals surface area (Å²) in [6.45, 7) is 0. The van der Waals surface area contributed by atoms with Gasteiger partial charge in [-0.15, -0.1) is 0 Å². The minimum Gasteiger partial charge on any atom is -0.298 e. The van der Waals surface area contributed by atoms with Gasteiger partial charge in [0.15, 0.2) is 5.78 Å². The zero-order valence-corrected chi connectivity index (χ0v) is 16.6. The number of rotatable bonds is 6. The molecule has 4 aliphatic rings. The summed E-state index contributed by atoms with van der Waals surface area (Å²) in [6, 6.07) is 8.38. The van der Waals surface area contributed by atoms with E-state index in [2.05, 4.69) is 27.3 Å². The average Bonchev–Trinajstić information content (AvgIpc) is 3.16. The van der Waals surface area contributed by atoms with Crippen LogP contribution in [0.2, 0.25) is 0 Å². The topological polar surface area (TPSA) is 92.8 Å². The first-order valence-electron chi connectivity index (χ1n) is 10.1. The highest BCUT2D eigenvalue weighted by Crippen LogP contribution is 2.60. The maximum Gasteiger partial charge on any atom is 0.243 e. The van der Waals surface area contributed by atoms with E-state index in [9.17, 15) is 13.2 Å². The highest BCUT2D eigenvalue weighted by molar-refractivity contribution is 7.91. The molecule has 0 radical (unpaired) electrons. The van der Waals surface area contributed by atoms with Crippen molar-refractivity contribution in [2.75, 3.05) is 5.75 Å². The Morgan fingerprint density at radius 2 is 1.64 bits per heavy atom. The van der Waals surface area contributed by atoms with Crippen molar-refractivity contribution in [2.45, 2.75) is 55.5 Å². The molecule has 1 heterocycles. The van der Waals surface area contributed by atoms with Crippen molar-refractivity contribution in [1.29, 1.82) is 0 Å². The van der Waals surface area contributed by atoms with Crippen LogP contribution in [-0.2, 0) is 26.5 Å². The van der Waals surface area contributed by atoms with Gasteiger partial charge in [0.25, 0.3) is 0 Å². The molecule has 28 heavy (non-hydrogen) atoms. The van der Waals surface area contributed by atoms with Crippen LogP contribution in [-0.4, -0.2) is 35.1 Å². The van der Waals surface area contributed by atoms with E-state index in [1.807, 2.05) is 12.1 Å². The van der Waals surface area contributed by atoms with Crippen LogP contribution < -0.4 is 0 Å². The van der Waals surface area contributed by atoms with Crippen LogP contribution in [0.15, 0.2) is 35.7 Å². The molecular weight excluding hydrogens is 374 g/mol. The minimum atomic E-state index is -3.75. The summed E-state index contributed by atoms with van der Waals surface area (Å²) >= 11 is 0. The lowest BCUT2D eigenvalue weighted by Crippen LogP contribution is -2.48.